The summed E-state index contributed by atoms with van der Waals surface area (Å²) in [6.45, 7) is 0.261. The van der Waals surface area contributed by atoms with E-state index in [4.69, 9.17) is 21.4 Å². The molecular formula is C32H33ClN4O6. The third-order valence-corrected chi connectivity index (χ3v) is 7.12. The van der Waals surface area contributed by atoms with Crippen molar-refractivity contribution in [1.29, 1.82) is 0 Å². The highest BCUT2D eigenvalue weighted by molar-refractivity contribution is 6.30. The van der Waals surface area contributed by atoms with Gasteiger partial charge in [-0.15, -0.1) is 0 Å². The average Bonchev–Trinajstić information content (AvgIpc) is 3.33. The molecule has 224 valence electrons. The molecule has 1 aromatic heterocycles. The van der Waals surface area contributed by atoms with Gasteiger partial charge in [0.15, 0.2) is 0 Å². The number of nitrogens with one attached hydrogen (secondary N) is 3. The largest absolute Gasteiger partial charge is 0.481 e. The van der Waals surface area contributed by atoms with Crippen LogP contribution in [0.1, 0.15) is 40.9 Å². The van der Waals surface area contributed by atoms with Gasteiger partial charge in [-0.3, -0.25) is 14.4 Å². The van der Waals surface area contributed by atoms with Gasteiger partial charge in [-0.25, -0.2) is 4.79 Å². The number of halogens is 1. The maximum absolute atomic E-state index is 13.5. The molecule has 0 aliphatic rings. The normalized spacial score (nSPS) is 11.5. The highest BCUT2D eigenvalue weighted by Crippen LogP contribution is 2.20. The van der Waals surface area contributed by atoms with Gasteiger partial charge in [0.1, 0.15) is 18.3 Å². The SMILES string of the molecule is Cn1c(C(=O)N[C@@H](CCCNC(=O)OCc2cccc(Cl)c2)C(=O)Nc2ccccc2CCC(=O)O)cc2ccccc21. The third-order valence-electron chi connectivity index (χ3n) is 6.89. The Kier molecular flexibility index (Phi) is 10.8. The quantitative estimate of drug-likeness (QED) is 0.153. The number of para-hydroxylation sites is 2. The summed E-state index contributed by atoms with van der Waals surface area (Å²) in [4.78, 5) is 50.1. The van der Waals surface area contributed by atoms with Gasteiger partial charge in [-0.2, -0.15) is 0 Å². The Bertz CT molecular complexity index is 1620. The molecular weight excluding hydrogens is 572 g/mol. The maximum atomic E-state index is 13.5. The molecule has 1 heterocycles. The van der Waals surface area contributed by atoms with Crippen LogP contribution in [0.4, 0.5) is 10.5 Å². The number of carboxylic acids is 1. The van der Waals surface area contributed by atoms with Crippen molar-refractivity contribution in [3.63, 3.8) is 0 Å². The number of carbonyl (C=O) groups excluding carboxylic acids is 3. The van der Waals surface area contributed by atoms with Crippen LogP contribution in [0, 0.1) is 0 Å². The second kappa shape index (κ2) is 14.9. The van der Waals surface area contributed by atoms with Crippen LogP contribution in [0.2, 0.25) is 5.02 Å². The van der Waals surface area contributed by atoms with Crippen molar-refractivity contribution < 1.29 is 29.0 Å². The monoisotopic (exact) mass is 604 g/mol. The van der Waals surface area contributed by atoms with E-state index in [1.807, 2.05) is 24.3 Å². The third kappa shape index (κ3) is 8.83. The van der Waals surface area contributed by atoms with E-state index in [1.165, 1.54) is 0 Å². The Balaban J connectivity index is 1.41. The molecule has 43 heavy (non-hydrogen) atoms. The molecule has 4 N–H and O–H groups in total. The summed E-state index contributed by atoms with van der Waals surface area (Å²) in [6, 6.07) is 22.3. The zero-order chi connectivity index (χ0) is 30.8. The minimum absolute atomic E-state index is 0.0553. The van der Waals surface area contributed by atoms with Crippen LogP contribution < -0.4 is 16.0 Å². The van der Waals surface area contributed by atoms with Gasteiger partial charge >= 0.3 is 12.1 Å². The molecule has 4 aromatic rings. The molecule has 0 fully saturated rings. The molecule has 1 atom stereocenters. The van der Waals surface area contributed by atoms with Gasteiger partial charge in [0.2, 0.25) is 5.91 Å². The predicted molar refractivity (Wildman–Crippen MR) is 164 cm³/mol. The Hall–Kier alpha value is -4.83. The fraction of sp³-hybridized carbons (Fsp3) is 0.250. The number of amides is 3. The Morgan fingerprint density at radius 1 is 0.977 bits per heavy atom. The van der Waals surface area contributed by atoms with E-state index in [0.29, 0.717) is 28.4 Å². The minimum atomic E-state index is -0.945. The molecule has 0 aliphatic heterocycles. The number of fused-ring (bicyclic) bond motifs is 1. The number of alkyl carbamates (subject to hydrolysis) is 1. The second-order valence-electron chi connectivity index (χ2n) is 9.99. The topological polar surface area (TPSA) is 139 Å². The van der Waals surface area contributed by atoms with Crippen LogP contribution in [-0.4, -0.2) is 46.1 Å². The summed E-state index contributed by atoms with van der Waals surface area (Å²) in [7, 11) is 1.78. The number of carbonyl (C=O) groups is 4. The van der Waals surface area contributed by atoms with Crippen molar-refractivity contribution in [3.05, 3.63) is 101 Å². The highest BCUT2D eigenvalue weighted by atomic mass is 35.5. The molecule has 0 radical (unpaired) electrons. The average molecular weight is 605 g/mol. The first kappa shape index (κ1) is 31.1. The number of hydrogen-bond acceptors (Lipinski definition) is 5. The van der Waals surface area contributed by atoms with Crippen molar-refractivity contribution in [2.75, 3.05) is 11.9 Å². The molecule has 3 aromatic carbocycles. The fourth-order valence-electron chi connectivity index (χ4n) is 4.65. The first-order valence-corrected chi connectivity index (χ1v) is 14.2. The van der Waals surface area contributed by atoms with Crippen LogP contribution in [0.25, 0.3) is 10.9 Å². The van der Waals surface area contributed by atoms with Gasteiger partial charge in [0, 0.05) is 41.6 Å². The first-order valence-electron chi connectivity index (χ1n) is 13.8. The number of aliphatic carboxylic acids is 1. The lowest BCUT2D eigenvalue weighted by Crippen LogP contribution is -2.44. The van der Waals surface area contributed by atoms with Crippen LogP contribution in [-0.2, 0) is 34.4 Å². The molecule has 0 aliphatic carbocycles. The molecule has 0 saturated heterocycles. The van der Waals surface area contributed by atoms with Crippen LogP contribution in [0.5, 0.6) is 0 Å². The summed E-state index contributed by atoms with van der Waals surface area (Å²) in [5.41, 5.74) is 3.16. The molecule has 11 heteroatoms. The molecule has 3 amide bonds. The summed E-state index contributed by atoms with van der Waals surface area (Å²) < 4.78 is 6.99. The molecule has 4 rings (SSSR count). The number of ether oxygens (including phenoxy) is 1. The molecule has 10 nitrogen and oxygen atoms in total. The first-order chi connectivity index (χ1) is 20.7. The second-order valence-corrected chi connectivity index (χ2v) is 10.4. The lowest BCUT2D eigenvalue weighted by Gasteiger charge is -2.20. The van der Waals surface area contributed by atoms with Crippen LogP contribution >= 0.6 is 11.6 Å². The number of benzene rings is 3. The van der Waals surface area contributed by atoms with E-state index >= 15 is 0 Å². The number of nitrogens with zero attached hydrogens (tertiary/aromatic N) is 1. The minimum Gasteiger partial charge on any atom is -0.481 e. The van der Waals surface area contributed by atoms with Gasteiger partial charge in [-0.05, 0) is 60.7 Å². The van der Waals surface area contributed by atoms with E-state index in [1.54, 1.807) is 66.2 Å². The van der Waals surface area contributed by atoms with E-state index in [0.717, 1.165) is 16.5 Å². The molecule has 0 bridgehead atoms. The van der Waals surface area contributed by atoms with Crippen LogP contribution in [0.15, 0.2) is 78.9 Å². The summed E-state index contributed by atoms with van der Waals surface area (Å²) in [5.74, 6) is -1.83. The number of anilines is 1. The van der Waals surface area contributed by atoms with E-state index in [9.17, 15) is 19.2 Å². The van der Waals surface area contributed by atoms with E-state index in [-0.39, 0.29) is 32.4 Å². The molecule has 0 unspecified atom stereocenters. The fourth-order valence-corrected chi connectivity index (χ4v) is 4.87. The van der Waals surface area contributed by atoms with Gasteiger partial charge in [-0.1, -0.05) is 60.1 Å². The van der Waals surface area contributed by atoms with E-state index < -0.39 is 29.9 Å². The van der Waals surface area contributed by atoms with Gasteiger partial charge in [0.05, 0.1) is 0 Å². The van der Waals surface area contributed by atoms with E-state index in [2.05, 4.69) is 16.0 Å². The lowest BCUT2D eigenvalue weighted by atomic mass is 10.1. The van der Waals surface area contributed by atoms with Crippen molar-refractivity contribution in [2.24, 2.45) is 7.05 Å². The number of rotatable bonds is 13. The van der Waals surface area contributed by atoms with Crippen molar-refractivity contribution in [3.8, 4) is 0 Å². The Morgan fingerprint density at radius 2 is 1.74 bits per heavy atom. The Labute approximate surface area is 254 Å². The van der Waals surface area contributed by atoms with Crippen molar-refractivity contribution in [2.45, 2.75) is 38.3 Å². The van der Waals surface area contributed by atoms with Crippen molar-refractivity contribution >= 4 is 52.1 Å². The zero-order valence-corrected chi connectivity index (χ0v) is 24.4. The highest BCUT2D eigenvalue weighted by Gasteiger charge is 2.24. The van der Waals surface area contributed by atoms with Crippen LogP contribution in [0.3, 0.4) is 0 Å². The number of aromatic nitrogens is 1. The Morgan fingerprint density at radius 3 is 2.51 bits per heavy atom. The summed E-state index contributed by atoms with van der Waals surface area (Å²) in [5, 5.41) is 18.9. The zero-order valence-electron chi connectivity index (χ0n) is 23.6. The van der Waals surface area contributed by atoms with Crippen molar-refractivity contribution in [1.82, 2.24) is 15.2 Å². The molecule has 0 spiro atoms. The molecule has 0 saturated carbocycles. The summed E-state index contributed by atoms with van der Waals surface area (Å²) in [6.07, 6.45) is 0.105. The summed E-state index contributed by atoms with van der Waals surface area (Å²) >= 11 is 5.97. The smallest absolute Gasteiger partial charge is 0.407 e. The number of hydrogen-bond donors (Lipinski definition) is 4. The maximum Gasteiger partial charge on any atom is 0.407 e. The van der Waals surface area contributed by atoms with Gasteiger partial charge < -0.3 is 30.4 Å². The number of aryl methyl sites for hydroxylation is 2. The predicted octanol–water partition coefficient (Wildman–Crippen LogP) is 5.29. The standard InChI is InChI=1S/C32H33ClN4O6/c1-37-27-14-5-3-10-23(27)19-28(37)31(41)36-26(30(40)35-25-12-4-2-9-22(25)15-16-29(38)39)13-7-17-34-32(42)43-20-21-8-6-11-24(33)18-21/h2-6,8-12,14,18-19,26H,7,13,15-17,20H2,1H3,(H,34,42)(H,35,40)(H,36,41)(H,38,39)/t26-/m0/s1. The van der Waals surface area contributed by atoms with Gasteiger partial charge in [0.25, 0.3) is 5.91 Å². The lowest BCUT2D eigenvalue weighted by molar-refractivity contribution is -0.137. The number of carboxylic acid groups (broad SMARTS) is 1.